The van der Waals surface area contributed by atoms with Gasteiger partial charge < -0.3 is 18.9 Å². The monoisotopic (exact) mass is 296 g/mol. The SMILES string of the molecule is CCCOC.CCCOC.CCCOC.CCCOC. The summed E-state index contributed by atoms with van der Waals surface area (Å²) in [5.41, 5.74) is 0. The van der Waals surface area contributed by atoms with Crippen LogP contribution >= 0.6 is 0 Å². The molecule has 0 aromatic heterocycles. The molecule has 0 unspecified atom stereocenters. The van der Waals surface area contributed by atoms with E-state index < -0.39 is 0 Å². The van der Waals surface area contributed by atoms with Gasteiger partial charge in [-0.2, -0.15) is 0 Å². The number of hydrogen-bond acceptors (Lipinski definition) is 4. The van der Waals surface area contributed by atoms with Crippen molar-refractivity contribution < 1.29 is 18.9 Å². The van der Waals surface area contributed by atoms with Crippen LogP contribution in [0.5, 0.6) is 0 Å². The highest BCUT2D eigenvalue weighted by atomic mass is 16.5. The van der Waals surface area contributed by atoms with Crippen molar-refractivity contribution in [3.63, 3.8) is 0 Å². The van der Waals surface area contributed by atoms with Crippen molar-refractivity contribution in [2.75, 3.05) is 54.9 Å². The zero-order chi connectivity index (χ0) is 16.5. The second kappa shape index (κ2) is 42.8. The summed E-state index contributed by atoms with van der Waals surface area (Å²) >= 11 is 0. The van der Waals surface area contributed by atoms with E-state index in [9.17, 15) is 0 Å². The smallest absolute Gasteiger partial charge is 0.0459 e. The topological polar surface area (TPSA) is 36.9 Å². The molecule has 0 heterocycles. The van der Waals surface area contributed by atoms with Crippen molar-refractivity contribution in [3.05, 3.63) is 0 Å². The fourth-order valence-electron chi connectivity index (χ4n) is 0.816. The fourth-order valence-corrected chi connectivity index (χ4v) is 0.816. The van der Waals surface area contributed by atoms with Crippen LogP contribution in [0.1, 0.15) is 53.4 Å². The average molecular weight is 296 g/mol. The fraction of sp³-hybridized carbons (Fsp3) is 1.00. The van der Waals surface area contributed by atoms with E-state index in [0.717, 1.165) is 52.1 Å². The molecule has 0 aliphatic carbocycles. The molecule has 0 saturated carbocycles. The van der Waals surface area contributed by atoms with Crippen molar-refractivity contribution in [1.82, 2.24) is 0 Å². The summed E-state index contributed by atoms with van der Waals surface area (Å²) in [6, 6.07) is 0. The van der Waals surface area contributed by atoms with Gasteiger partial charge in [-0.3, -0.25) is 0 Å². The van der Waals surface area contributed by atoms with Gasteiger partial charge in [0.05, 0.1) is 0 Å². The van der Waals surface area contributed by atoms with E-state index in [0.29, 0.717) is 0 Å². The molecule has 20 heavy (non-hydrogen) atoms. The van der Waals surface area contributed by atoms with Crippen LogP contribution in [-0.4, -0.2) is 54.9 Å². The Morgan fingerprint density at radius 1 is 0.400 bits per heavy atom. The van der Waals surface area contributed by atoms with Crippen LogP contribution in [0.4, 0.5) is 0 Å². The van der Waals surface area contributed by atoms with Gasteiger partial charge in [-0.15, -0.1) is 0 Å². The first-order valence-corrected chi connectivity index (χ1v) is 7.62. The first-order valence-electron chi connectivity index (χ1n) is 7.62. The molecule has 0 atom stereocenters. The lowest BCUT2D eigenvalue weighted by atomic mass is 10.5. The maximum atomic E-state index is 4.69. The van der Waals surface area contributed by atoms with Gasteiger partial charge in [0.25, 0.3) is 0 Å². The Morgan fingerprint density at radius 3 is 0.550 bits per heavy atom. The van der Waals surface area contributed by atoms with E-state index in [1.165, 1.54) is 0 Å². The Balaban J connectivity index is -0.0000000853. The van der Waals surface area contributed by atoms with Crippen LogP contribution in [0.25, 0.3) is 0 Å². The van der Waals surface area contributed by atoms with Crippen molar-refractivity contribution >= 4 is 0 Å². The highest BCUT2D eigenvalue weighted by molar-refractivity contribution is 4.16. The van der Waals surface area contributed by atoms with Crippen LogP contribution in [0.2, 0.25) is 0 Å². The molecule has 0 rings (SSSR count). The largest absolute Gasteiger partial charge is 0.385 e. The second-order valence-corrected chi connectivity index (χ2v) is 3.97. The third kappa shape index (κ3) is 82.3. The molecular formula is C16H40O4. The number of ether oxygens (including phenoxy) is 4. The average Bonchev–Trinajstić information content (AvgIpc) is 2.44. The molecule has 128 valence electrons. The Labute approximate surface area is 128 Å². The summed E-state index contributed by atoms with van der Waals surface area (Å²) in [6.07, 6.45) is 4.49. The van der Waals surface area contributed by atoms with E-state index in [1.807, 2.05) is 0 Å². The molecule has 0 aliphatic rings. The van der Waals surface area contributed by atoms with Crippen LogP contribution in [0.15, 0.2) is 0 Å². The zero-order valence-corrected chi connectivity index (χ0v) is 15.3. The minimum Gasteiger partial charge on any atom is -0.385 e. The first kappa shape index (κ1) is 28.1. The van der Waals surface area contributed by atoms with E-state index in [2.05, 4.69) is 27.7 Å². The minimum absolute atomic E-state index is 0.889. The maximum Gasteiger partial charge on any atom is 0.0459 e. The molecule has 4 nitrogen and oxygen atoms in total. The molecule has 0 fully saturated rings. The van der Waals surface area contributed by atoms with Crippen LogP contribution in [0, 0.1) is 0 Å². The highest BCUT2D eigenvalue weighted by Crippen LogP contribution is 1.71. The van der Waals surface area contributed by atoms with Gasteiger partial charge in [-0.05, 0) is 25.7 Å². The normalized spacial score (nSPS) is 8.40. The molecule has 0 bridgehead atoms. The molecule has 0 spiro atoms. The second-order valence-electron chi connectivity index (χ2n) is 3.97. The van der Waals surface area contributed by atoms with Gasteiger partial charge in [0.2, 0.25) is 0 Å². The van der Waals surface area contributed by atoms with Crippen LogP contribution in [-0.2, 0) is 18.9 Å². The van der Waals surface area contributed by atoms with Crippen molar-refractivity contribution in [3.8, 4) is 0 Å². The molecule has 0 aromatic carbocycles. The quantitative estimate of drug-likeness (QED) is 0.673. The molecule has 4 heteroatoms. The lowest BCUT2D eigenvalue weighted by molar-refractivity contribution is 0.199. The van der Waals surface area contributed by atoms with Crippen LogP contribution < -0.4 is 0 Å². The van der Waals surface area contributed by atoms with Gasteiger partial charge in [0, 0.05) is 54.9 Å². The van der Waals surface area contributed by atoms with Gasteiger partial charge >= 0.3 is 0 Å². The van der Waals surface area contributed by atoms with E-state index in [4.69, 9.17) is 18.9 Å². The Bertz CT molecular complexity index is 68.5. The molecule has 0 amide bonds. The summed E-state index contributed by atoms with van der Waals surface area (Å²) in [7, 11) is 6.85. The summed E-state index contributed by atoms with van der Waals surface area (Å²) in [5.74, 6) is 0. The van der Waals surface area contributed by atoms with Crippen molar-refractivity contribution in [1.29, 1.82) is 0 Å². The van der Waals surface area contributed by atoms with Gasteiger partial charge in [-0.25, -0.2) is 0 Å². The standard InChI is InChI=1S/4C4H10O/c4*1-3-4-5-2/h4*3-4H2,1-2H3. The highest BCUT2D eigenvalue weighted by Gasteiger charge is 1.67. The zero-order valence-electron chi connectivity index (χ0n) is 15.3. The molecule has 0 aliphatic heterocycles. The van der Waals surface area contributed by atoms with Crippen molar-refractivity contribution in [2.24, 2.45) is 0 Å². The molecule has 0 N–H and O–H groups in total. The Morgan fingerprint density at radius 2 is 0.550 bits per heavy atom. The summed E-state index contributed by atoms with van der Waals surface area (Å²) < 4.78 is 18.8. The third-order valence-electron chi connectivity index (χ3n) is 1.63. The molecular weight excluding hydrogens is 256 g/mol. The maximum absolute atomic E-state index is 4.69. The summed E-state index contributed by atoms with van der Waals surface area (Å²) in [5, 5.41) is 0. The summed E-state index contributed by atoms with van der Waals surface area (Å²) in [4.78, 5) is 0. The van der Waals surface area contributed by atoms with Gasteiger partial charge in [0.1, 0.15) is 0 Å². The third-order valence-corrected chi connectivity index (χ3v) is 1.63. The predicted octanol–water partition coefficient (Wildman–Crippen LogP) is 4.17. The lowest BCUT2D eigenvalue weighted by Crippen LogP contribution is -1.80. The van der Waals surface area contributed by atoms with E-state index in [-0.39, 0.29) is 0 Å². The van der Waals surface area contributed by atoms with E-state index >= 15 is 0 Å². The molecule has 0 radical (unpaired) electrons. The number of methoxy groups -OCH3 is 4. The first-order chi connectivity index (χ1) is 9.66. The Kier molecular flexibility index (Phi) is 60.0. The van der Waals surface area contributed by atoms with Crippen LogP contribution in [0.3, 0.4) is 0 Å². The lowest BCUT2D eigenvalue weighted by Gasteiger charge is -1.84. The number of rotatable bonds is 8. The summed E-state index contributed by atoms with van der Waals surface area (Å²) in [6.45, 7) is 11.9. The van der Waals surface area contributed by atoms with Crippen molar-refractivity contribution in [2.45, 2.75) is 53.4 Å². The molecule has 0 aromatic rings. The number of hydrogen-bond donors (Lipinski definition) is 0. The minimum atomic E-state index is 0.889. The van der Waals surface area contributed by atoms with E-state index in [1.54, 1.807) is 28.4 Å². The van der Waals surface area contributed by atoms with Gasteiger partial charge in [-0.1, -0.05) is 27.7 Å². The Hall–Kier alpha value is -0.160. The predicted molar refractivity (Wildman–Crippen MR) is 88.7 cm³/mol. The van der Waals surface area contributed by atoms with Gasteiger partial charge in [0.15, 0.2) is 0 Å². The molecule has 0 saturated heterocycles.